The smallest absolute Gasteiger partial charge is 0.248 e. The number of rotatable bonds is 4. The Morgan fingerprint density at radius 2 is 1.78 bits per heavy atom. The number of benzene rings is 2. The Morgan fingerprint density at radius 1 is 1.11 bits per heavy atom. The van der Waals surface area contributed by atoms with E-state index >= 15 is 0 Å². The minimum Gasteiger partial charge on any atom is -0.378 e. The highest BCUT2D eigenvalue weighted by atomic mass is 32.2. The molecule has 3 rings (SSSR count). The predicted molar refractivity (Wildman–Crippen MR) is 109 cm³/mol. The second-order valence-electron chi connectivity index (χ2n) is 6.51. The van der Waals surface area contributed by atoms with Crippen molar-refractivity contribution in [3.05, 3.63) is 59.1 Å². The first-order valence-electron chi connectivity index (χ1n) is 8.22. The molecule has 0 amide bonds. The molecule has 0 saturated heterocycles. The molecule has 2 aromatic carbocycles. The molecule has 0 saturated carbocycles. The summed E-state index contributed by atoms with van der Waals surface area (Å²) in [7, 11) is 1.79. The number of allylic oxidation sites excluding steroid dienone is 1. The zero-order valence-corrected chi connectivity index (χ0v) is 16.2. The van der Waals surface area contributed by atoms with Crippen LogP contribution in [-0.4, -0.2) is 27.1 Å². The maximum Gasteiger partial charge on any atom is 0.248 e. The Labute approximate surface area is 158 Å². The van der Waals surface area contributed by atoms with Crippen LogP contribution in [0.1, 0.15) is 5.69 Å². The van der Waals surface area contributed by atoms with Crippen LogP contribution in [0, 0.1) is 11.3 Å². The fourth-order valence-electron chi connectivity index (χ4n) is 2.94. The molecule has 0 radical (unpaired) electrons. The molecule has 0 aliphatic heterocycles. The minimum absolute atomic E-state index is 0.468. The van der Waals surface area contributed by atoms with Crippen LogP contribution in [-0.2, 0) is 17.1 Å². The summed E-state index contributed by atoms with van der Waals surface area (Å²) in [5.74, 6) is 0. The lowest BCUT2D eigenvalue weighted by Crippen LogP contribution is -2.13. The van der Waals surface area contributed by atoms with Crippen LogP contribution in [0.5, 0.6) is 0 Å². The highest BCUT2D eigenvalue weighted by molar-refractivity contribution is 7.93. The summed E-state index contributed by atoms with van der Waals surface area (Å²) in [6.07, 6.45) is 1.28. The zero-order chi connectivity index (χ0) is 19.8. The average molecular weight is 380 g/mol. The van der Waals surface area contributed by atoms with Gasteiger partial charge in [0.1, 0.15) is 6.07 Å². The molecule has 1 heterocycles. The van der Waals surface area contributed by atoms with Crippen molar-refractivity contribution < 1.29 is 8.42 Å². The Morgan fingerprint density at radius 3 is 2.41 bits per heavy atom. The third kappa shape index (κ3) is 3.72. The lowest BCUT2D eigenvalue weighted by Gasteiger charge is -2.13. The molecule has 0 aliphatic carbocycles. The fourth-order valence-corrected chi connectivity index (χ4v) is 3.36. The number of nitriles is 1. The molecule has 2 N–H and O–H groups in total. The third-order valence-electron chi connectivity index (χ3n) is 4.49. The van der Waals surface area contributed by atoms with Gasteiger partial charge in [0.25, 0.3) is 0 Å². The van der Waals surface area contributed by atoms with Crippen LogP contribution >= 0.6 is 0 Å². The Bertz CT molecular complexity index is 1200. The third-order valence-corrected chi connectivity index (χ3v) is 5.31. The van der Waals surface area contributed by atoms with Crippen molar-refractivity contribution in [2.45, 2.75) is 0 Å². The zero-order valence-electron chi connectivity index (χ0n) is 15.3. The van der Waals surface area contributed by atoms with E-state index in [1.54, 1.807) is 12.1 Å². The lowest BCUT2D eigenvalue weighted by atomic mass is 10.0. The maximum absolute atomic E-state index is 11.5. The number of aromatic nitrogens is 1. The van der Waals surface area contributed by atoms with E-state index in [1.807, 2.05) is 37.8 Å². The molecule has 0 aliphatic rings. The summed E-state index contributed by atoms with van der Waals surface area (Å²) >= 11 is 0. The van der Waals surface area contributed by atoms with Crippen molar-refractivity contribution in [2.24, 2.45) is 12.2 Å². The molecular weight excluding hydrogens is 360 g/mol. The topological polar surface area (TPSA) is 92.1 Å². The van der Waals surface area contributed by atoms with Crippen molar-refractivity contribution in [1.29, 1.82) is 5.26 Å². The molecule has 6 nitrogen and oxygen atoms in total. The van der Waals surface area contributed by atoms with Crippen LogP contribution in [0.25, 0.3) is 28.1 Å². The monoisotopic (exact) mass is 380 g/mol. The summed E-state index contributed by atoms with van der Waals surface area (Å²) in [5.41, 5.74) is 3.62. The van der Waals surface area contributed by atoms with Gasteiger partial charge in [-0.15, -0.1) is 0 Å². The molecule has 0 unspecified atom stereocenters. The second-order valence-corrected chi connectivity index (χ2v) is 8.04. The van der Waals surface area contributed by atoms with Gasteiger partial charge in [-0.3, -0.25) is 0 Å². The number of hydrogen-bond donors (Lipinski definition) is 1. The van der Waals surface area contributed by atoms with Gasteiger partial charge in [0, 0.05) is 38.2 Å². The summed E-state index contributed by atoms with van der Waals surface area (Å²) in [5, 5.41) is 16.3. The quantitative estimate of drug-likeness (QED) is 0.704. The second kappa shape index (κ2) is 6.91. The Balaban J connectivity index is 2.05. The normalized spacial score (nSPS) is 12.2. The largest absolute Gasteiger partial charge is 0.378 e. The van der Waals surface area contributed by atoms with Crippen molar-refractivity contribution in [3.63, 3.8) is 0 Å². The van der Waals surface area contributed by atoms with Crippen LogP contribution in [0.3, 0.4) is 0 Å². The number of anilines is 1. The van der Waals surface area contributed by atoms with Crippen molar-refractivity contribution in [2.75, 3.05) is 19.0 Å². The van der Waals surface area contributed by atoms with Gasteiger partial charge in [0.05, 0.1) is 0 Å². The number of fused-ring (bicyclic) bond motifs is 1. The van der Waals surface area contributed by atoms with Gasteiger partial charge in [-0.1, -0.05) is 18.2 Å². The van der Waals surface area contributed by atoms with Gasteiger partial charge in [-0.05, 0) is 52.7 Å². The van der Waals surface area contributed by atoms with E-state index in [0.29, 0.717) is 5.69 Å². The maximum atomic E-state index is 11.5. The molecular formula is C20H20N4O2S. The van der Waals surface area contributed by atoms with E-state index in [9.17, 15) is 8.42 Å². The van der Waals surface area contributed by atoms with Gasteiger partial charge in [0.2, 0.25) is 10.0 Å². The number of nitrogens with two attached hydrogens (primary N) is 1. The first kappa shape index (κ1) is 18.7. The Hall–Kier alpha value is -3.08. The SMILES string of the molecule is CN(C)c1ccc2cc(-c3ccc(/C=C(\C#N)S(N)(=O)=O)n3C)ccc2c1. The molecule has 0 atom stereocenters. The van der Waals surface area contributed by atoms with Gasteiger partial charge in [-0.2, -0.15) is 5.26 Å². The summed E-state index contributed by atoms with van der Waals surface area (Å²) in [6, 6.07) is 17.7. The molecule has 0 fully saturated rings. The first-order valence-corrected chi connectivity index (χ1v) is 9.77. The number of nitrogens with zero attached hydrogens (tertiary/aromatic N) is 3. The molecule has 27 heavy (non-hydrogen) atoms. The molecule has 3 aromatic rings. The Kier molecular flexibility index (Phi) is 4.79. The first-order chi connectivity index (χ1) is 12.7. The highest BCUT2D eigenvalue weighted by Gasteiger charge is 2.13. The number of hydrogen-bond acceptors (Lipinski definition) is 4. The van der Waals surface area contributed by atoms with Crippen LogP contribution < -0.4 is 10.0 Å². The molecule has 138 valence electrons. The molecule has 1 aromatic heterocycles. The van der Waals surface area contributed by atoms with Gasteiger partial charge < -0.3 is 9.47 Å². The van der Waals surface area contributed by atoms with Gasteiger partial charge in [-0.25, -0.2) is 13.6 Å². The van der Waals surface area contributed by atoms with E-state index < -0.39 is 14.9 Å². The summed E-state index contributed by atoms with van der Waals surface area (Å²) in [4.78, 5) is 1.59. The minimum atomic E-state index is -4.04. The van der Waals surface area contributed by atoms with Crippen molar-refractivity contribution in [1.82, 2.24) is 4.57 Å². The number of primary sulfonamides is 1. The highest BCUT2D eigenvalue weighted by Crippen LogP contribution is 2.28. The fraction of sp³-hybridized carbons (Fsp3) is 0.150. The van der Waals surface area contributed by atoms with Crippen LogP contribution in [0.15, 0.2) is 53.4 Å². The van der Waals surface area contributed by atoms with Gasteiger partial charge >= 0.3 is 0 Å². The van der Waals surface area contributed by atoms with Crippen molar-refractivity contribution >= 4 is 32.6 Å². The summed E-state index contributed by atoms with van der Waals surface area (Å²) < 4.78 is 24.7. The van der Waals surface area contributed by atoms with Gasteiger partial charge in [0.15, 0.2) is 4.91 Å². The lowest BCUT2D eigenvalue weighted by molar-refractivity contribution is 0.605. The van der Waals surface area contributed by atoms with E-state index in [4.69, 9.17) is 10.4 Å². The predicted octanol–water partition coefficient (Wildman–Crippen LogP) is 3.06. The molecule has 0 spiro atoms. The average Bonchev–Trinajstić information content (AvgIpc) is 2.98. The molecule has 7 heteroatoms. The van der Waals surface area contributed by atoms with E-state index in [0.717, 1.165) is 27.7 Å². The summed E-state index contributed by atoms with van der Waals surface area (Å²) in [6.45, 7) is 0. The number of sulfonamides is 1. The standard InChI is InChI=1S/C20H20N4O2S/c1-23(2)17-7-6-14-10-16(5-4-15(14)11-17)20-9-8-18(24(20)3)12-19(13-21)27(22,25)26/h4-12H,1-3H3,(H2,22,25,26)/b19-12+. The molecule has 0 bridgehead atoms. The van der Waals surface area contributed by atoms with Crippen molar-refractivity contribution in [3.8, 4) is 17.3 Å². The van der Waals surface area contributed by atoms with E-state index in [2.05, 4.69) is 35.2 Å². The van der Waals surface area contributed by atoms with Crippen LogP contribution in [0.2, 0.25) is 0 Å². The van der Waals surface area contributed by atoms with Crippen LogP contribution in [0.4, 0.5) is 5.69 Å². The van der Waals surface area contributed by atoms with E-state index in [1.165, 1.54) is 6.08 Å². The van der Waals surface area contributed by atoms with E-state index in [-0.39, 0.29) is 0 Å².